The van der Waals surface area contributed by atoms with Gasteiger partial charge in [0.1, 0.15) is 12.9 Å². The van der Waals surface area contributed by atoms with Crippen LogP contribution >= 0.6 is 23.2 Å². The average molecular weight is 326 g/mol. The molecule has 0 spiro atoms. The molecule has 2 rings (SSSR count). The van der Waals surface area contributed by atoms with Gasteiger partial charge in [0.15, 0.2) is 5.75 Å². The molecule has 2 aromatic carbocycles. The summed E-state index contributed by atoms with van der Waals surface area (Å²) in [5.74, 6) is 0.0663. The molecule has 0 heterocycles. The molecule has 7 heteroatoms. The summed E-state index contributed by atoms with van der Waals surface area (Å²) in [6.07, 6.45) is 0.535. The number of ether oxygens (including phenoxy) is 1. The lowest BCUT2D eigenvalue weighted by Gasteiger charge is -2.08. The topological polar surface area (TPSA) is 69.4 Å². The van der Waals surface area contributed by atoms with Crippen molar-refractivity contribution in [1.82, 2.24) is 0 Å². The summed E-state index contributed by atoms with van der Waals surface area (Å²) in [6, 6.07) is 8.87. The molecule has 5 nitrogen and oxygen atoms in total. The van der Waals surface area contributed by atoms with E-state index in [1.165, 1.54) is 12.1 Å². The van der Waals surface area contributed by atoms with Crippen LogP contribution in [0.15, 0.2) is 36.4 Å². The maximum absolute atomic E-state index is 11.0. The van der Waals surface area contributed by atoms with E-state index in [1.54, 1.807) is 18.2 Å². The summed E-state index contributed by atoms with van der Waals surface area (Å²) in [6.45, 7) is 0.0529. The molecule has 0 fully saturated rings. The van der Waals surface area contributed by atoms with Crippen LogP contribution in [0.25, 0.3) is 0 Å². The molecule has 0 saturated carbocycles. The van der Waals surface area contributed by atoms with Crippen molar-refractivity contribution < 1.29 is 14.5 Å². The van der Waals surface area contributed by atoms with Gasteiger partial charge in [-0.2, -0.15) is 0 Å². The van der Waals surface area contributed by atoms with Crippen molar-refractivity contribution in [2.75, 3.05) is 0 Å². The first-order chi connectivity index (χ1) is 10.0. The molecule has 2 aromatic rings. The van der Waals surface area contributed by atoms with E-state index in [2.05, 4.69) is 0 Å². The lowest BCUT2D eigenvalue weighted by atomic mass is 10.2. The number of aldehydes is 1. The Bertz CT molecular complexity index is 703. The SMILES string of the molecule is O=Cc1ccc(OCc2ccc(Cl)cc2Cl)c([N+](=O)[O-])c1. The first kappa shape index (κ1) is 15.3. The highest BCUT2D eigenvalue weighted by atomic mass is 35.5. The Hall–Kier alpha value is -2.11. The summed E-state index contributed by atoms with van der Waals surface area (Å²) in [5.41, 5.74) is 0.582. The van der Waals surface area contributed by atoms with E-state index in [9.17, 15) is 14.9 Å². The first-order valence-corrected chi connectivity index (χ1v) is 6.57. The van der Waals surface area contributed by atoms with Crippen molar-refractivity contribution in [3.8, 4) is 5.75 Å². The zero-order valence-electron chi connectivity index (χ0n) is 10.6. The van der Waals surface area contributed by atoms with E-state index in [0.717, 1.165) is 6.07 Å². The van der Waals surface area contributed by atoms with Gasteiger partial charge in [-0.05, 0) is 24.3 Å². The third-order valence-corrected chi connectivity index (χ3v) is 3.30. The van der Waals surface area contributed by atoms with Crippen LogP contribution in [-0.2, 0) is 6.61 Å². The van der Waals surface area contributed by atoms with E-state index in [0.29, 0.717) is 21.9 Å². The monoisotopic (exact) mass is 325 g/mol. The van der Waals surface area contributed by atoms with Crippen molar-refractivity contribution in [1.29, 1.82) is 0 Å². The van der Waals surface area contributed by atoms with Crippen LogP contribution in [0.2, 0.25) is 10.0 Å². The molecule has 0 radical (unpaired) electrons. The highest BCUT2D eigenvalue weighted by Gasteiger charge is 2.16. The molecule has 21 heavy (non-hydrogen) atoms. The fourth-order valence-corrected chi connectivity index (χ4v) is 2.13. The number of nitrogens with zero attached hydrogens (tertiary/aromatic N) is 1. The van der Waals surface area contributed by atoms with Crippen molar-refractivity contribution >= 4 is 35.2 Å². The number of nitro benzene ring substituents is 1. The molecule has 108 valence electrons. The predicted molar refractivity (Wildman–Crippen MR) is 79.3 cm³/mol. The number of hydrogen-bond donors (Lipinski definition) is 0. The fraction of sp³-hybridized carbons (Fsp3) is 0.0714. The summed E-state index contributed by atoms with van der Waals surface area (Å²) >= 11 is 11.8. The molecule has 0 aliphatic carbocycles. The minimum Gasteiger partial charge on any atom is -0.482 e. The van der Waals surface area contributed by atoms with Crippen LogP contribution in [0, 0.1) is 10.1 Å². The highest BCUT2D eigenvalue weighted by Crippen LogP contribution is 2.29. The summed E-state index contributed by atoms with van der Waals surface area (Å²) in [7, 11) is 0. The minimum absolute atomic E-state index is 0.0529. The zero-order chi connectivity index (χ0) is 15.4. The van der Waals surface area contributed by atoms with Gasteiger partial charge in [0.25, 0.3) is 0 Å². The Balaban J connectivity index is 2.23. The Kier molecular flexibility index (Phi) is 4.77. The molecule has 0 amide bonds. The predicted octanol–water partition coefficient (Wildman–Crippen LogP) is 4.29. The maximum Gasteiger partial charge on any atom is 0.311 e. The standard InChI is InChI=1S/C14H9Cl2NO4/c15-11-3-2-10(12(16)6-11)8-21-14-4-1-9(7-18)5-13(14)17(19)20/h1-7H,8H2. The summed E-state index contributed by atoms with van der Waals surface area (Å²) in [5, 5.41) is 11.9. The van der Waals surface area contributed by atoms with Crippen LogP contribution in [0.4, 0.5) is 5.69 Å². The largest absolute Gasteiger partial charge is 0.482 e. The van der Waals surface area contributed by atoms with E-state index < -0.39 is 4.92 Å². The van der Waals surface area contributed by atoms with Crippen molar-refractivity contribution in [3.05, 3.63) is 67.7 Å². The lowest BCUT2D eigenvalue weighted by molar-refractivity contribution is -0.386. The number of rotatable bonds is 5. The molecule has 0 saturated heterocycles. The number of carbonyl (C=O) groups excluding carboxylic acids is 1. The van der Waals surface area contributed by atoms with Crippen LogP contribution in [-0.4, -0.2) is 11.2 Å². The first-order valence-electron chi connectivity index (χ1n) is 5.81. The van der Waals surface area contributed by atoms with Gasteiger partial charge in [0.2, 0.25) is 0 Å². The summed E-state index contributed by atoms with van der Waals surface area (Å²) < 4.78 is 5.42. The van der Waals surface area contributed by atoms with Crippen molar-refractivity contribution in [2.24, 2.45) is 0 Å². The molecule has 0 bridgehead atoms. The molecule has 0 aliphatic rings. The van der Waals surface area contributed by atoms with Crippen LogP contribution in [0.3, 0.4) is 0 Å². The Labute approximate surface area is 130 Å². The van der Waals surface area contributed by atoms with Crippen LogP contribution in [0.1, 0.15) is 15.9 Å². The second-order valence-electron chi connectivity index (χ2n) is 4.13. The van der Waals surface area contributed by atoms with Gasteiger partial charge in [-0.3, -0.25) is 14.9 Å². The van der Waals surface area contributed by atoms with Crippen molar-refractivity contribution in [3.63, 3.8) is 0 Å². The Morgan fingerprint density at radius 3 is 2.57 bits per heavy atom. The normalized spacial score (nSPS) is 10.2. The minimum atomic E-state index is -0.605. The second kappa shape index (κ2) is 6.56. The molecule has 0 aliphatic heterocycles. The van der Waals surface area contributed by atoms with Crippen LogP contribution in [0.5, 0.6) is 5.75 Å². The van der Waals surface area contributed by atoms with Gasteiger partial charge in [-0.1, -0.05) is 29.3 Å². The lowest BCUT2D eigenvalue weighted by Crippen LogP contribution is -2.00. The number of carbonyl (C=O) groups is 1. The van der Waals surface area contributed by atoms with Gasteiger partial charge in [-0.15, -0.1) is 0 Å². The van der Waals surface area contributed by atoms with Gasteiger partial charge < -0.3 is 4.74 Å². The van der Waals surface area contributed by atoms with E-state index in [-0.39, 0.29) is 23.6 Å². The van der Waals surface area contributed by atoms with E-state index in [4.69, 9.17) is 27.9 Å². The number of halogens is 2. The third kappa shape index (κ3) is 3.71. The highest BCUT2D eigenvalue weighted by molar-refractivity contribution is 6.35. The van der Waals surface area contributed by atoms with Gasteiger partial charge in [0, 0.05) is 27.2 Å². The van der Waals surface area contributed by atoms with Crippen molar-refractivity contribution in [2.45, 2.75) is 6.61 Å². The molecule has 0 unspecified atom stereocenters. The Morgan fingerprint density at radius 1 is 1.19 bits per heavy atom. The van der Waals surface area contributed by atoms with E-state index in [1.807, 2.05) is 0 Å². The van der Waals surface area contributed by atoms with Crippen LogP contribution < -0.4 is 4.74 Å². The number of hydrogen-bond acceptors (Lipinski definition) is 4. The molecular formula is C14H9Cl2NO4. The van der Waals surface area contributed by atoms with E-state index >= 15 is 0 Å². The molecule has 0 atom stereocenters. The van der Waals surface area contributed by atoms with Gasteiger partial charge in [0.05, 0.1) is 4.92 Å². The quantitative estimate of drug-likeness (QED) is 0.467. The zero-order valence-corrected chi connectivity index (χ0v) is 12.1. The fourth-order valence-electron chi connectivity index (χ4n) is 1.67. The molecule has 0 aromatic heterocycles. The number of nitro groups is 1. The maximum atomic E-state index is 11.0. The van der Waals surface area contributed by atoms with Gasteiger partial charge in [-0.25, -0.2) is 0 Å². The molecular weight excluding hydrogens is 317 g/mol. The smallest absolute Gasteiger partial charge is 0.311 e. The average Bonchev–Trinajstić information content (AvgIpc) is 2.46. The second-order valence-corrected chi connectivity index (χ2v) is 4.97. The third-order valence-electron chi connectivity index (χ3n) is 2.71. The Morgan fingerprint density at radius 2 is 1.95 bits per heavy atom. The van der Waals surface area contributed by atoms with Gasteiger partial charge >= 0.3 is 5.69 Å². The number of benzene rings is 2. The summed E-state index contributed by atoms with van der Waals surface area (Å²) in [4.78, 5) is 21.0. The molecule has 0 N–H and O–H groups in total.